The van der Waals surface area contributed by atoms with Crippen molar-refractivity contribution in [2.45, 2.75) is 6.92 Å². The fourth-order valence-electron chi connectivity index (χ4n) is 2.49. The smallest absolute Gasteiger partial charge is 0.260 e. The van der Waals surface area contributed by atoms with Gasteiger partial charge in [-0.3, -0.25) is 9.69 Å². The number of rotatable bonds is 5. The topological polar surface area (TPSA) is 37.6 Å². The molecule has 0 saturated carbocycles. The van der Waals surface area contributed by atoms with E-state index in [1.54, 1.807) is 4.90 Å². The van der Waals surface area contributed by atoms with E-state index in [1.807, 2.05) is 49.4 Å². The van der Waals surface area contributed by atoms with Crippen LogP contribution in [0.4, 0.5) is 5.13 Å². The monoisotopic (exact) mass is 374 g/mol. The number of aromatic nitrogens is 1. The molecule has 0 unspecified atom stereocenters. The molecule has 0 bridgehead atoms. The summed E-state index contributed by atoms with van der Waals surface area (Å²) >= 11 is 7.75. The van der Waals surface area contributed by atoms with Crippen LogP contribution in [0.25, 0.3) is 10.2 Å². The van der Waals surface area contributed by atoms with E-state index in [-0.39, 0.29) is 5.91 Å². The van der Waals surface area contributed by atoms with Gasteiger partial charge in [-0.2, -0.15) is 0 Å². The van der Waals surface area contributed by atoms with Crippen molar-refractivity contribution in [3.05, 3.63) is 58.6 Å². The lowest BCUT2D eigenvalue weighted by Crippen LogP contribution is -3.06. The Morgan fingerprint density at radius 2 is 1.92 bits per heavy atom. The lowest BCUT2D eigenvalue weighted by atomic mass is 10.1. The molecule has 6 heteroatoms. The lowest BCUT2D eigenvalue weighted by Gasteiger charge is -2.20. The molecule has 2 aromatic carbocycles. The molecule has 0 aliphatic heterocycles. The summed E-state index contributed by atoms with van der Waals surface area (Å²) in [4.78, 5) is 20.8. The maximum atomic E-state index is 13.1. The second-order valence-corrected chi connectivity index (χ2v) is 7.78. The van der Waals surface area contributed by atoms with Gasteiger partial charge in [0.15, 0.2) is 5.13 Å². The third-order valence-electron chi connectivity index (χ3n) is 3.97. The normalized spacial score (nSPS) is 11.2. The third kappa shape index (κ3) is 4.00. The number of aryl methyl sites for hydroxylation is 1. The zero-order valence-electron chi connectivity index (χ0n) is 14.5. The van der Waals surface area contributed by atoms with Gasteiger partial charge >= 0.3 is 0 Å². The summed E-state index contributed by atoms with van der Waals surface area (Å²) in [6.07, 6.45) is 0. The predicted molar refractivity (Wildman–Crippen MR) is 105 cm³/mol. The Balaban J connectivity index is 1.99. The number of thiazole rings is 1. The summed E-state index contributed by atoms with van der Waals surface area (Å²) in [6.45, 7) is 3.45. The second-order valence-electron chi connectivity index (χ2n) is 6.36. The van der Waals surface area contributed by atoms with E-state index < -0.39 is 0 Å². The first-order valence-electron chi connectivity index (χ1n) is 8.18. The molecule has 1 amide bonds. The molecule has 25 heavy (non-hydrogen) atoms. The summed E-state index contributed by atoms with van der Waals surface area (Å²) < 4.78 is 0.987. The molecule has 0 aliphatic carbocycles. The number of likely N-dealkylation sites (N-methyl/N-ethyl adjacent to an activating group) is 1. The Bertz CT molecular complexity index is 889. The van der Waals surface area contributed by atoms with Gasteiger partial charge in [-0.1, -0.05) is 46.7 Å². The molecule has 0 saturated heterocycles. The number of amides is 1. The van der Waals surface area contributed by atoms with Crippen molar-refractivity contribution in [2.75, 3.05) is 32.1 Å². The van der Waals surface area contributed by atoms with Crippen LogP contribution in [0, 0.1) is 6.92 Å². The van der Waals surface area contributed by atoms with Gasteiger partial charge < -0.3 is 4.90 Å². The maximum absolute atomic E-state index is 13.1. The number of hydrogen-bond acceptors (Lipinski definition) is 3. The highest BCUT2D eigenvalue weighted by atomic mass is 35.5. The van der Waals surface area contributed by atoms with Crippen LogP contribution in [-0.4, -0.2) is 38.1 Å². The standard InChI is InChI=1S/C19H20ClN3OS/c1-13-7-9-14(10-8-13)18(24)23(12-11-22(2)3)19-21-17-15(20)5-4-6-16(17)25-19/h4-10H,11-12H2,1-3H3/p+1. The first kappa shape index (κ1) is 17.9. The number of quaternary nitrogens is 1. The average molecular weight is 375 g/mol. The largest absolute Gasteiger partial charge is 0.338 e. The van der Waals surface area contributed by atoms with E-state index in [9.17, 15) is 4.79 Å². The van der Waals surface area contributed by atoms with Crippen molar-refractivity contribution in [2.24, 2.45) is 0 Å². The Kier molecular flexibility index (Phi) is 5.37. The van der Waals surface area contributed by atoms with Crippen LogP contribution in [-0.2, 0) is 0 Å². The Morgan fingerprint density at radius 1 is 1.20 bits per heavy atom. The molecule has 0 atom stereocenters. The van der Waals surface area contributed by atoms with Crippen molar-refractivity contribution < 1.29 is 9.69 Å². The van der Waals surface area contributed by atoms with E-state index in [4.69, 9.17) is 11.6 Å². The first-order chi connectivity index (χ1) is 12.0. The van der Waals surface area contributed by atoms with Crippen molar-refractivity contribution >= 4 is 44.2 Å². The minimum Gasteiger partial charge on any atom is -0.338 e. The fourth-order valence-corrected chi connectivity index (χ4v) is 3.78. The minimum absolute atomic E-state index is 0.0311. The summed E-state index contributed by atoms with van der Waals surface area (Å²) in [5.74, 6) is -0.0311. The quantitative estimate of drug-likeness (QED) is 0.745. The van der Waals surface area contributed by atoms with Crippen molar-refractivity contribution in [1.29, 1.82) is 0 Å². The van der Waals surface area contributed by atoms with Gasteiger partial charge in [-0.05, 0) is 31.2 Å². The molecule has 0 spiro atoms. The molecule has 1 aromatic heterocycles. The number of nitrogens with one attached hydrogen (secondary N) is 1. The summed E-state index contributed by atoms with van der Waals surface area (Å²) in [5, 5.41) is 1.30. The zero-order valence-corrected chi connectivity index (χ0v) is 16.1. The van der Waals surface area contributed by atoms with Crippen LogP contribution in [0.3, 0.4) is 0 Å². The third-order valence-corrected chi connectivity index (χ3v) is 5.32. The molecule has 0 radical (unpaired) electrons. The highest BCUT2D eigenvalue weighted by Crippen LogP contribution is 2.33. The van der Waals surface area contributed by atoms with Gasteiger partial charge in [0.25, 0.3) is 5.91 Å². The van der Waals surface area contributed by atoms with Gasteiger partial charge in [0, 0.05) is 5.56 Å². The highest BCUT2D eigenvalue weighted by molar-refractivity contribution is 7.22. The van der Waals surface area contributed by atoms with Gasteiger partial charge in [0.05, 0.1) is 36.9 Å². The number of halogens is 1. The maximum Gasteiger partial charge on any atom is 0.260 e. The van der Waals surface area contributed by atoms with E-state index in [2.05, 4.69) is 19.1 Å². The van der Waals surface area contributed by atoms with Crippen LogP contribution in [0.1, 0.15) is 15.9 Å². The Morgan fingerprint density at radius 3 is 2.56 bits per heavy atom. The molecule has 0 aliphatic rings. The summed E-state index contributed by atoms with van der Waals surface area (Å²) in [6, 6.07) is 13.4. The molecule has 130 valence electrons. The molecule has 1 heterocycles. The van der Waals surface area contributed by atoms with Crippen LogP contribution in [0.15, 0.2) is 42.5 Å². The number of para-hydroxylation sites is 1. The van der Waals surface area contributed by atoms with Crippen LogP contribution in [0.2, 0.25) is 5.02 Å². The van der Waals surface area contributed by atoms with Gasteiger partial charge in [0.1, 0.15) is 5.52 Å². The summed E-state index contributed by atoms with van der Waals surface area (Å²) in [7, 11) is 4.15. The number of fused-ring (bicyclic) bond motifs is 1. The first-order valence-corrected chi connectivity index (χ1v) is 9.38. The van der Waals surface area contributed by atoms with Gasteiger partial charge in [0.2, 0.25) is 0 Å². The van der Waals surface area contributed by atoms with Crippen molar-refractivity contribution in [3.8, 4) is 0 Å². The SMILES string of the molecule is Cc1ccc(C(=O)N(CC[NH+](C)C)c2nc3c(Cl)cccc3s2)cc1. The number of carbonyl (C=O) groups excluding carboxylic acids is 1. The van der Waals surface area contributed by atoms with Crippen LogP contribution >= 0.6 is 22.9 Å². The van der Waals surface area contributed by atoms with E-state index in [0.717, 1.165) is 22.3 Å². The number of anilines is 1. The molecule has 0 fully saturated rings. The highest BCUT2D eigenvalue weighted by Gasteiger charge is 2.22. The molecule has 4 nitrogen and oxygen atoms in total. The summed E-state index contributed by atoms with van der Waals surface area (Å²) in [5.41, 5.74) is 2.56. The molecular formula is C19H21ClN3OS+. The van der Waals surface area contributed by atoms with Crippen LogP contribution in [0.5, 0.6) is 0 Å². The van der Waals surface area contributed by atoms with Crippen molar-refractivity contribution in [1.82, 2.24) is 4.98 Å². The Hall–Kier alpha value is -1.95. The zero-order chi connectivity index (χ0) is 18.0. The van der Waals surface area contributed by atoms with Gasteiger partial charge in [-0.25, -0.2) is 4.98 Å². The Labute approximate surface area is 156 Å². The molecule has 1 N–H and O–H groups in total. The molecular weight excluding hydrogens is 354 g/mol. The number of nitrogens with zero attached hydrogens (tertiary/aromatic N) is 2. The molecule has 3 aromatic rings. The number of benzene rings is 2. The molecule has 3 rings (SSSR count). The number of carbonyl (C=O) groups is 1. The average Bonchev–Trinajstić information content (AvgIpc) is 3.00. The minimum atomic E-state index is -0.0311. The second kappa shape index (κ2) is 7.52. The van der Waals surface area contributed by atoms with E-state index in [1.165, 1.54) is 16.2 Å². The van der Waals surface area contributed by atoms with Crippen molar-refractivity contribution in [3.63, 3.8) is 0 Å². The van der Waals surface area contributed by atoms with E-state index >= 15 is 0 Å². The van der Waals surface area contributed by atoms with Crippen LogP contribution < -0.4 is 9.80 Å². The predicted octanol–water partition coefficient (Wildman–Crippen LogP) is 3.05. The number of hydrogen-bond donors (Lipinski definition) is 1. The fraction of sp³-hybridized carbons (Fsp3) is 0.263. The van der Waals surface area contributed by atoms with E-state index in [0.29, 0.717) is 22.3 Å². The van der Waals surface area contributed by atoms with Gasteiger partial charge in [-0.15, -0.1) is 0 Å². The lowest BCUT2D eigenvalue weighted by molar-refractivity contribution is -0.856.